The molecule has 208 valence electrons. The summed E-state index contributed by atoms with van der Waals surface area (Å²) in [5, 5.41) is 34.4. The number of carbonyl (C=O) groups is 2. The highest BCUT2D eigenvalue weighted by Gasteiger charge is 2.41. The first-order chi connectivity index (χ1) is 19.2. The number of hydrogen-bond acceptors (Lipinski definition) is 8. The van der Waals surface area contributed by atoms with Gasteiger partial charge in [-0.3, -0.25) is 9.59 Å². The van der Waals surface area contributed by atoms with Crippen LogP contribution in [0.3, 0.4) is 0 Å². The Morgan fingerprint density at radius 3 is 2.48 bits per heavy atom. The van der Waals surface area contributed by atoms with Crippen molar-refractivity contribution >= 4 is 28.3 Å². The zero-order chi connectivity index (χ0) is 28.4. The van der Waals surface area contributed by atoms with Crippen LogP contribution < -0.4 is 10.6 Å². The van der Waals surface area contributed by atoms with E-state index in [4.69, 9.17) is 0 Å². The van der Waals surface area contributed by atoms with Gasteiger partial charge in [-0.25, -0.2) is 9.67 Å². The molecule has 0 bridgehead atoms. The van der Waals surface area contributed by atoms with Gasteiger partial charge in [0.05, 0.1) is 17.4 Å². The molecule has 0 aliphatic carbocycles. The highest BCUT2D eigenvalue weighted by atomic mass is 32.1. The van der Waals surface area contributed by atoms with Gasteiger partial charge >= 0.3 is 0 Å². The number of amides is 2. The van der Waals surface area contributed by atoms with E-state index >= 15 is 0 Å². The molecule has 2 aromatic carbocycles. The highest BCUT2D eigenvalue weighted by molar-refractivity contribution is 7.13. The first-order valence-corrected chi connectivity index (χ1v) is 14.0. The Balaban J connectivity index is 1.28. The van der Waals surface area contributed by atoms with E-state index in [1.807, 2.05) is 80.0 Å². The number of carbonyl (C=O) groups excluding carboxylic acids is 2. The van der Waals surface area contributed by atoms with Crippen molar-refractivity contribution in [3.63, 3.8) is 0 Å². The lowest BCUT2D eigenvalue weighted by atomic mass is 10.0. The molecular weight excluding hydrogens is 528 g/mol. The molecule has 3 heterocycles. The number of aromatic nitrogens is 3. The summed E-state index contributed by atoms with van der Waals surface area (Å²) in [5.41, 5.74) is 4.13. The molecule has 11 heteroatoms. The Morgan fingerprint density at radius 2 is 1.77 bits per heavy atom. The summed E-state index contributed by atoms with van der Waals surface area (Å²) >= 11 is 1.44. The number of aliphatic hydroxyl groups is 2. The molecule has 0 fully saturated rings. The summed E-state index contributed by atoms with van der Waals surface area (Å²) in [6.45, 7) is 6.03. The van der Waals surface area contributed by atoms with E-state index in [1.54, 1.807) is 17.8 Å². The monoisotopic (exact) mass is 560 g/mol. The second-order valence-electron chi connectivity index (χ2n) is 10.1. The van der Waals surface area contributed by atoms with Gasteiger partial charge in [-0.1, -0.05) is 36.4 Å². The number of fused-ring (bicyclic) bond motifs is 1. The number of anilines is 1. The molecule has 4 atom stereocenters. The summed E-state index contributed by atoms with van der Waals surface area (Å²) in [6, 6.07) is 16.1. The third-order valence-electron chi connectivity index (χ3n) is 6.84. The zero-order valence-corrected chi connectivity index (χ0v) is 23.2. The quantitative estimate of drug-likeness (QED) is 0.247. The van der Waals surface area contributed by atoms with Crippen molar-refractivity contribution in [2.75, 3.05) is 5.32 Å². The molecule has 0 saturated heterocycles. The summed E-state index contributed by atoms with van der Waals surface area (Å²) in [6.07, 6.45) is -0.380. The summed E-state index contributed by atoms with van der Waals surface area (Å²) in [5.74, 6) is -1.58. The predicted molar refractivity (Wildman–Crippen MR) is 152 cm³/mol. The first-order valence-electron chi connectivity index (χ1n) is 13.1. The summed E-state index contributed by atoms with van der Waals surface area (Å²) < 4.78 is 1.72. The van der Waals surface area contributed by atoms with Crippen LogP contribution in [0.1, 0.15) is 55.2 Å². The number of hydrogen-bond donors (Lipinski definition) is 4. The fraction of sp³-hybridized carbons (Fsp3) is 0.310. The van der Waals surface area contributed by atoms with E-state index in [0.29, 0.717) is 5.69 Å². The minimum Gasteiger partial charge on any atom is -0.380 e. The molecule has 2 amide bonds. The first kappa shape index (κ1) is 27.5. The van der Waals surface area contributed by atoms with Crippen molar-refractivity contribution < 1.29 is 19.8 Å². The average Bonchev–Trinajstić information content (AvgIpc) is 3.71. The lowest BCUT2D eigenvalue weighted by Gasteiger charge is -2.28. The number of nitrogens with zero attached hydrogens (tertiary/aromatic N) is 4. The van der Waals surface area contributed by atoms with E-state index in [-0.39, 0.29) is 12.6 Å². The molecule has 0 unspecified atom stereocenters. The SMILES string of the molecule is CC(C)Nc1nc([C@H]2c3ccccc3CN2C(=O)[C@H](O)[C@@H](O)C(=O)N[C@H](C)c2ccc(-n3cccn3)cc2)cs1. The molecule has 4 aromatic rings. The molecule has 10 nitrogen and oxygen atoms in total. The third kappa shape index (κ3) is 5.62. The minimum atomic E-state index is -1.95. The van der Waals surface area contributed by atoms with Crippen molar-refractivity contribution in [2.24, 2.45) is 0 Å². The van der Waals surface area contributed by atoms with Crippen molar-refractivity contribution in [1.29, 1.82) is 0 Å². The number of aliphatic hydroxyl groups excluding tert-OH is 2. The normalized spacial score (nSPS) is 16.9. The molecule has 5 rings (SSSR count). The molecule has 0 saturated carbocycles. The molecule has 2 aromatic heterocycles. The van der Waals surface area contributed by atoms with Gasteiger partial charge in [0.15, 0.2) is 17.3 Å². The van der Waals surface area contributed by atoms with Gasteiger partial charge < -0.3 is 25.7 Å². The molecular formula is C29H32N6O4S. The smallest absolute Gasteiger partial charge is 0.255 e. The second-order valence-corrected chi connectivity index (χ2v) is 11.0. The molecule has 1 aliphatic rings. The third-order valence-corrected chi connectivity index (χ3v) is 7.63. The van der Waals surface area contributed by atoms with E-state index < -0.39 is 36.1 Å². The lowest BCUT2D eigenvalue weighted by Crippen LogP contribution is -2.50. The van der Waals surface area contributed by atoms with E-state index in [9.17, 15) is 19.8 Å². The number of nitrogens with one attached hydrogen (secondary N) is 2. The fourth-order valence-electron chi connectivity index (χ4n) is 4.80. The maximum Gasteiger partial charge on any atom is 0.255 e. The zero-order valence-electron chi connectivity index (χ0n) is 22.4. The van der Waals surface area contributed by atoms with Crippen LogP contribution in [0.5, 0.6) is 0 Å². The summed E-state index contributed by atoms with van der Waals surface area (Å²) in [4.78, 5) is 32.6. The second kappa shape index (κ2) is 11.6. The van der Waals surface area contributed by atoms with Crippen LogP contribution in [0.4, 0.5) is 5.13 Å². The van der Waals surface area contributed by atoms with Crippen LogP contribution in [0.25, 0.3) is 5.69 Å². The van der Waals surface area contributed by atoms with E-state index in [2.05, 4.69) is 20.7 Å². The van der Waals surface area contributed by atoms with Crippen LogP contribution in [-0.2, 0) is 16.1 Å². The van der Waals surface area contributed by atoms with Gasteiger partial charge in [-0.15, -0.1) is 11.3 Å². The molecule has 0 radical (unpaired) electrons. The van der Waals surface area contributed by atoms with Crippen LogP contribution in [0, 0.1) is 0 Å². The fourth-order valence-corrected chi connectivity index (χ4v) is 5.68. The van der Waals surface area contributed by atoms with Gasteiger partial charge in [-0.05, 0) is 55.7 Å². The number of thiazole rings is 1. The van der Waals surface area contributed by atoms with Crippen molar-refractivity contribution in [2.45, 2.75) is 57.6 Å². The van der Waals surface area contributed by atoms with Crippen LogP contribution in [-0.4, -0.2) is 59.9 Å². The topological polar surface area (TPSA) is 133 Å². The van der Waals surface area contributed by atoms with Gasteiger partial charge in [-0.2, -0.15) is 5.10 Å². The van der Waals surface area contributed by atoms with Gasteiger partial charge in [0.1, 0.15) is 6.04 Å². The van der Waals surface area contributed by atoms with E-state index in [1.165, 1.54) is 16.2 Å². The van der Waals surface area contributed by atoms with Crippen LogP contribution in [0.15, 0.2) is 72.4 Å². The Hall–Kier alpha value is -4.06. The highest BCUT2D eigenvalue weighted by Crippen LogP contribution is 2.40. The van der Waals surface area contributed by atoms with Crippen molar-refractivity contribution in [1.82, 2.24) is 25.0 Å². The Kier molecular flexibility index (Phi) is 7.97. The van der Waals surface area contributed by atoms with Gasteiger partial charge in [0, 0.05) is 30.4 Å². The molecule has 4 N–H and O–H groups in total. The average molecular weight is 561 g/mol. The van der Waals surface area contributed by atoms with E-state index in [0.717, 1.165) is 27.5 Å². The predicted octanol–water partition coefficient (Wildman–Crippen LogP) is 3.18. The number of benzene rings is 2. The standard InChI is InChI=1S/C29H32N6O4S/c1-17(2)31-29-33-23(16-40-29)24-22-8-5-4-7-20(22)15-34(24)28(39)26(37)25(36)27(38)32-18(3)19-9-11-21(12-10-19)35-14-6-13-30-35/h4-14,16-18,24-26,36-37H,15H2,1-3H3,(H,31,33)(H,32,38)/t18-,24-,25-,26-/m1/s1. The Morgan fingerprint density at radius 1 is 1.02 bits per heavy atom. The van der Waals surface area contributed by atoms with Gasteiger partial charge in [0.25, 0.3) is 11.8 Å². The van der Waals surface area contributed by atoms with Crippen molar-refractivity contribution in [3.05, 3.63) is 94.8 Å². The van der Waals surface area contributed by atoms with Crippen LogP contribution in [0.2, 0.25) is 0 Å². The maximum atomic E-state index is 13.5. The Bertz CT molecular complexity index is 1470. The molecule has 40 heavy (non-hydrogen) atoms. The number of rotatable bonds is 9. The maximum absolute atomic E-state index is 13.5. The Labute approximate surface area is 236 Å². The largest absolute Gasteiger partial charge is 0.380 e. The lowest BCUT2D eigenvalue weighted by molar-refractivity contribution is -0.154. The summed E-state index contributed by atoms with van der Waals surface area (Å²) in [7, 11) is 0. The molecule has 0 spiro atoms. The molecule has 1 aliphatic heterocycles. The van der Waals surface area contributed by atoms with Gasteiger partial charge in [0.2, 0.25) is 0 Å². The van der Waals surface area contributed by atoms with Crippen LogP contribution >= 0.6 is 11.3 Å². The van der Waals surface area contributed by atoms with Crippen molar-refractivity contribution in [3.8, 4) is 5.69 Å². The minimum absolute atomic E-state index is 0.194.